The first kappa shape index (κ1) is 18.4. The maximum absolute atomic E-state index is 13.4. The molecule has 0 fully saturated rings. The summed E-state index contributed by atoms with van der Waals surface area (Å²) >= 11 is 0. The number of methoxy groups -OCH3 is 1. The molecule has 26 heavy (non-hydrogen) atoms. The Kier molecular flexibility index (Phi) is 5.30. The van der Waals surface area contributed by atoms with Crippen LogP contribution in [0, 0.1) is 5.82 Å². The molecule has 0 aliphatic carbocycles. The average Bonchev–Trinajstić information content (AvgIpc) is 2.65. The molecular weight excluding hydrogens is 365 g/mol. The maximum atomic E-state index is 13.4. The van der Waals surface area contributed by atoms with Crippen LogP contribution in [0.3, 0.4) is 0 Å². The first-order valence-electron chi connectivity index (χ1n) is 7.81. The third-order valence-corrected chi connectivity index (χ3v) is 5.28. The maximum Gasteiger partial charge on any atom is 0.244 e. The molecule has 1 aliphatic rings. The van der Waals surface area contributed by atoms with Crippen LogP contribution in [0.4, 0.5) is 4.39 Å². The van der Waals surface area contributed by atoms with E-state index in [0.29, 0.717) is 30.3 Å². The normalized spacial score (nSPS) is 14.7. The predicted molar refractivity (Wildman–Crippen MR) is 90.5 cm³/mol. The topological polar surface area (TPSA) is 94.1 Å². The Morgan fingerprint density at radius 2 is 1.92 bits per heavy atom. The first-order chi connectivity index (χ1) is 12.4. The molecule has 2 aromatic rings. The minimum Gasteiger partial charge on any atom is -0.495 e. The van der Waals surface area contributed by atoms with E-state index in [4.69, 9.17) is 14.2 Å². The van der Waals surface area contributed by atoms with Crippen LogP contribution in [-0.2, 0) is 10.0 Å². The number of ether oxygens (including phenoxy) is 3. The number of benzene rings is 2. The molecule has 3 rings (SSSR count). The lowest BCUT2D eigenvalue weighted by Crippen LogP contribution is -2.29. The van der Waals surface area contributed by atoms with Crippen LogP contribution in [0.5, 0.6) is 17.2 Å². The van der Waals surface area contributed by atoms with Crippen molar-refractivity contribution in [3.05, 3.63) is 47.8 Å². The summed E-state index contributed by atoms with van der Waals surface area (Å²) in [6.45, 7) is 0.546. The second-order valence-electron chi connectivity index (χ2n) is 5.57. The van der Waals surface area contributed by atoms with Crippen LogP contribution in [0.25, 0.3) is 0 Å². The fourth-order valence-corrected chi connectivity index (χ4v) is 3.73. The van der Waals surface area contributed by atoms with E-state index < -0.39 is 21.9 Å². The number of nitrogens with one attached hydrogen (secondary N) is 1. The van der Waals surface area contributed by atoms with E-state index >= 15 is 0 Å². The standard InChI is InChI=1S/C17H18FNO6S/c1-23-15-5-3-12(18)9-17(15)26(21,22)19-10-13(20)11-2-4-14-16(8-11)25-7-6-24-14/h2-5,8-9,13,19-20H,6-7,10H2,1H3/t13-/m1/s1. The van der Waals surface area contributed by atoms with Crippen molar-refractivity contribution in [2.45, 2.75) is 11.0 Å². The highest BCUT2D eigenvalue weighted by Gasteiger charge is 2.22. The average molecular weight is 383 g/mol. The van der Waals surface area contributed by atoms with Gasteiger partial charge in [0.25, 0.3) is 0 Å². The van der Waals surface area contributed by atoms with E-state index in [1.165, 1.54) is 13.2 Å². The molecule has 0 aromatic heterocycles. The number of fused-ring (bicyclic) bond motifs is 1. The van der Waals surface area contributed by atoms with Gasteiger partial charge in [-0.3, -0.25) is 0 Å². The Balaban J connectivity index is 1.74. The number of halogens is 1. The largest absolute Gasteiger partial charge is 0.495 e. The van der Waals surface area contributed by atoms with Gasteiger partial charge in [0.15, 0.2) is 11.5 Å². The zero-order chi connectivity index (χ0) is 18.7. The molecule has 0 unspecified atom stereocenters. The quantitative estimate of drug-likeness (QED) is 0.787. The second-order valence-corrected chi connectivity index (χ2v) is 7.30. The van der Waals surface area contributed by atoms with Gasteiger partial charge in [0.2, 0.25) is 10.0 Å². The van der Waals surface area contributed by atoms with E-state index in [9.17, 15) is 17.9 Å². The highest BCUT2D eigenvalue weighted by atomic mass is 32.2. The lowest BCUT2D eigenvalue weighted by atomic mass is 10.1. The molecule has 1 atom stereocenters. The molecular formula is C17H18FNO6S. The summed E-state index contributed by atoms with van der Waals surface area (Å²) in [7, 11) is -2.79. The zero-order valence-corrected chi connectivity index (χ0v) is 14.8. The van der Waals surface area contributed by atoms with Gasteiger partial charge >= 0.3 is 0 Å². The third-order valence-electron chi connectivity index (χ3n) is 3.83. The highest BCUT2D eigenvalue weighted by molar-refractivity contribution is 7.89. The van der Waals surface area contributed by atoms with E-state index in [2.05, 4.69) is 4.72 Å². The van der Waals surface area contributed by atoms with Gasteiger partial charge in [0, 0.05) is 6.54 Å². The second kappa shape index (κ2) is 7.48. The van der Waals surface area contributed by atoms with Gasteiger partial charge in [0.1, 0.15) is 29.7 Å². The Hall–Kier alpha value is -2.36. The van der Waals surface area contributed by atoms with Gasteiger partial charge in [-0.05, 0) is 35.9 Å². The predicted octanol–water partition coefficient (Wildman–Crippen LogP) is 1.62. The van der Waals surface area contributed by atoms with Crippen molar-refractivity contribution < 1.29 is 32.1 Å². The Morgan fingerprint density at radius 3 is 2.65 bits per heavy atom. The number of rotatable bonds is 6. The SMILES string of the molecule is COc1ccc(F)cc1S(=O)(=O)NC[C@@H](O)c1ccc2c(c1)OCCO2. The molecule has 0 radical (unpaired) electrons. The van der Waals surface area contributed by atoms with Crippen LogP contribution in [0.2, 0.25) is 0 Å². The van der Waals surface area contributed by atoms with Crippen molar-refractivity contribution in [1.29, 1.82) is 0 Å². The van der Waals surface area contributed by atoms with Gasteiger partial charge in [-0.25, -0.2) is 17.5 Å². The lowest BCUT2D eigenvalue weighted by molar-refractivity contribution is 0.165. The van der Waals surface area contributed by atoms with Crippen LogP contribution in [0.1, 0.15) is 11.7 Å². The smallest absolute Gasteiger partial charge is 0.244 e. The fraction of sp³-hybridized carbons (Fsp3) is 0.294. The van der Waals surface area contributed by atoms with Gasteiger partial charge in [-0.1, -0.05) is 6.07 Å². The minimum absolute atomic E-state index is 0.00715. The summed E-state index contributed by atoms with van der Waals surface area (Å²) in [4.78, 5) is -0.339. The summed E-state index contributed by atoms with van der Waals surface area (Å²) in [5.41, 5.74) is 0.461. The van der Waals surface area contributed by atoms with E-state index in [1.54, 1.807) is 18.2 Å². The van der Waals surface area contributed by atoms with Crippen molar-refractivity contribution in [1.82, 2.24) is 4.72 Å². The van der Waals surface area contributed by atoms with Crippen LogP contribution in [0.15, 0.2) is 41.3 Å². The molecule has 0 amide bonds. The van der Waals surface area contributed by atoms with E-state index in [-0.39, 0.29) is 17.2 Å². The third kappa shape index (κ3) is 3.90. The Morgan fingerprint density at radius 1 is 1.19 bits per heavy atom. The Bertz CT molecular complexity index is 902. The van der Waals surface area contributed by atoms with E-state index in [1.807, 2.05) is 0 Å². The lowest BCUT2D eigenvalue weighted by Gasteiger charge is -2.20. The van der Waals surface area contributed by atoms with Crippen LogP contribution >= 0.6 is 0 Å². The summed E-state index contributed by atoms with van der Waals surface area (Å²) in [5.74, 6) is 0.353. The molecule has 2 aromatic carbocycles. The Labute approximate surface area is 150 Å². The van der Waals surface area contributed by atoms with Crippen molar-refractivity contribution in [2.24, 2.45) is 0 Å². The zero-order valence-electron chi connectivity index (χ0n) is 13.9. The fourth-order valence-electron chi connectivity index (χ4n) is 2.51. The van der Waals surface area contributed by atoms with Gasteiger partial charge in [0.05, 0.1) is 13.2 Å². The summed E-state index contributed by atoms with van der Waals surface area (Å²) in [5, 5.41) is 10.3. The van der Waals surface area contributed by atoms with E-state index in [0.717, 1.165) is 12.1 Å². The van der Waals surface area contributed by atoms with Crippen LogP contribution < -0.4 is 18.9 Å². The van der Waals surface area contributed by atoms with Crippen molar-refractivity contribution in [3.8, 4) is 17.2 Å². The first-order valence-corrected chi connectivity index (χ1v) is 9.30. The van der Waals surface area contributed by atoms with Gasteiger partial charge in [-0.15, -0.1) is 0 Å². The summed E-state index contributed by atoms with van der Waals surface area (Å²) in [6.07, 6.45) is -1.12. The monoisotopic (exact) mass is 383 g/mol. The number of aliphatic hydroxyl groups excluding tert-OH is 1. The number of aliphatic hydroxyl groups is 1. The summed E-state index contributed by atoms with van der Waals surface area (Å²) in [6, 6.07) is 8.04. The molecule has 0 saturated heterocycles. The number of hydrogen-bond acceptors (Lipinski definition) is 6. The molecule has 1 aliphatic heterocycles. The highest BCUT2D eigenvalue weighted by Crippen LogP contribution is 2.32. The molecule has 0 spiro atoms. The van der Waals surface area contributed by atoms with Crippen molar-refractivity contribution >= 4 is 10.0 Å². The minimum atomic E-state index is -4.08. The molecule has 7 nitrogen and oxygen atoms in total. The number of hydrogen-bond donors (Lipinski definition) is 2. The molecule has 9 heteroatoms. The van der Waals surface area contributed by atoms with Crippen molar-refractivity contribution in [3.63, 3.8) is 0 Å². The molecule has 0 bridgehead atoms. The number of sulfonamides is 1. The van der Waals surface area contributed by atoms with Crippen molar-refractivity contribution in [2.75, 3.05) is 26.9 Å². The van der Waals surface area contributed by atoms with Crippen LogP contribution in [-0.4, -0.2) is 40.4 Å². The summed E-state index contributed by atoms with van der Waals surface area (Å²) < 4.78 is 56.3. The molecule has 1 heterocycles. The molecule has 2 N–H and O–H groups in total. The van der Waals surface area contributed by atoms with Gasteiger partial charge < -0.3 is 19.3 Å². The molecule has 0 saturated carbocycles. The molecule has 140 valence electrons. The van der Waals surface area contributed by atoms with Gasteiger partial charge in [-0.2, -0.15) is 0 Å².